The molecule has 0 atom stereocenters. The summed E-state index contributed by atoms with van der Waals surface area (Å²) in [5, 5.41) is 9.63. The number of hydrogen-bond acceptors (Lipinski definition) is 5. The normalized spacial score (nSPS) is 10.9. The lowest BCUT2D eigenvalue weighted by molar-refractivity contribution is -0.142. The Bertz CT molecular complexity index is 782. The molecular formula is C17H18N2O4. The predicted molar refractivity (Wildman–Crippen MR) is 88.2 cm³/mol. The molecule has 0 fully saturated rings. The third kappa shape index (κ3) is 4.06. The monoisotopic (exact) mass is 314 g/mol. The molecule has 6 nitrogen and oxygen atoms in total. The van der Waals surface area contributed by atoms with E-state index in [4.69, 9.17) is 9.84 Å². The Morgan fingerprint density at radius 3 is 2.61 bits per heavy atom. The van der Waals surface area contributed by atoms with Crippen molar-refractivity contribution in [3.8, 4) is 0 Å². The van der Waals surface area contributed by atoms with Crippen molar-refractivity contribution in [2.45, 2.75) is 13.5 Å². The fourth-order valence-corrected chi connectivity index (χ4v) is 2.19. The van der Waals surface area contributed by atoms with E-state index in [-0.39, 0.29) is 12.6 Å². The fraction of sp³-hybridized carbons (Fsp3) is 0.235. The highest BCUT2D eigenvalue weighted by atomic mass is 16.5. The summed E-state index contributed by atoms with van der Waals surface area (Å²) < 4.78 is 4.98. The summed E-state index contributed by atoms with van der Waals surface area (Å²) >= 11 is 0. The number of rotatable bonds is 5. The van der Waals surface area contributed by atoms with Crippen molar-refractivity contribution in [1.29, 1.82) is 0 Å². The number of aromatic nitrogens is 1. The molecule has 0 unspecified atom stereocenters. The maximum Gasteiger partial charge on any atom is 0.328 e. The second kappa shape index (κ2) is 6.91. The Balaban J connectivity index is 2.55. The maximum atomic E-state index is 10.9. The van der Waals surface area contributed by atoms with Crippen LogP contribution < -0.4 is 4.90 Å². The molecular weight excluding hydrogens is 296 g/mol. The molecule has 1 aromatic carbocycles. The van der Waals surface area contributed by atoms with E-state index in [9.17, 15) is 9.59 Å². The van der Waals surface area contributed by atoms with Gasteiger partial charge in [-0.15, -0.1) is 0 Å². The molecule has 0 saturated carbocycles. The molecule has 0 aliphatic carbocycles. The van der Waals surface area contributed by atoms with Gasteiger partial charge in [0.2, 0.25) is 0 Å². The van der Waals surface area contributed by atoms with E-state index in [0.29, 0.717) is 5.69 Å². The van der Waals surface area contributed by atoms with Gasteiger partial charge < -0.3 is 14.7 Å². The molecule has 1 heterocycles. The Hall–Kier alpha value is -2.89. The van der Waals surface area contributed by atoms with Crippen LogP contribution in [0.5, 0.6) is 0 Å². The number of benzene rings is 1. The largest absolute Gasteiger partial charge is 0.478 e. The molecule has 23 heavy (non-hydrogen) atoms. The van der Waals surface area contributed by atoms with E-state index < -0.39 is 5.97 Å². The molecule has 0 amide bonds. The number of pyridine rings is 1. The van der Waals surface area contributed by atoms with Crippen molar-refractivity contribution in [3.05, 3.63) is 41.6 Å². The third-order valence-electron chi connectivity index (χ3n) is 3.24. The number of fused-ring (bicyclic) bond motifs is 1. The zero-order chi connectivity index (χ0) is 17.0. The van der Waals surface area contributed by atoms with Gasteiger partial charge in [-0.2, -0.15) is 0 Å². The van der Waals surface area contributed by atoms with Crippen LogP contribution in [0.25, 0.3) is 17.0 Å². The first kappa shape index (κ1) is 16.5. The van der Waals surface area contributed by atoms with Gasteiger partial charge in [-0.1, -0.05) is 12.1 Å². The van der Waals surface area contributed by atoms with E-state index >= 15 is 0 Å². The number of nitrogens with zero attached hydrogens (tertiary/aromatic N) is 2. The van der Waals surface area contributed by atoms with Crippen LogP contribution in [-0.4, -0.2) is 36.1 Å². The van der Waals surface area contributed by atoms with Crippen LogP contribution in [0.4, 0.5) is 5.69 Å². The number of carbonyl (C=O) groups is 2. The van der Waals surface area contributed by atoms with Gasteiger partial charge in [-0.25, -0.2) is 9.78 Å². The van der Waals surface area contributed by atoms with Gasteiger partial charge in [-0.05, 0) is 23.8 Å². The first-order valence-electron chi connectivity index (χ1n) is 7.03. The molecule has 1 aromatic heterocycles. The summed E-state index contributed by atoms with van der Waals surface area (Å²) in [5.74, 6) is -1.37. The van der Waals surface area contributed by atoms with Crippen molar-refractivity contribution in [2.24, 2.45) is 0 Å². The molecule has 0 saturated heterocycles. The van der Waals surface area contributed by atoms with Gasteiger partial charge in [0.1, 0.15) is 6.61 Å². The summed E-state index contributed by atoms with van der Waals surface area (Å²) in [6.07, 6.45) is 2.63. The SMILES string of the molecule is CC(=O)OCc1ccc2c(/C=C/C(=O)O)ccc(N(C)C)c2n1. The van der Waals surface area contributed by atoms with Crippen LogP contribution in [0.3, 0.4) is 0 Å². The van der Waals surface area contributed by atoms with E-state index in [1.807, 2.05) is 37.2 Å². The topological polar surface area (TPSA) is 79.7 Å². The van der Waals surface area contributed by atoms with Crippen LogP contribution in [0, 0.1) is 0 Å². The standard InChI is InChI=1S/C17H18N2O4/c1-11(20)23-10-13-6-7-14-12(5-9-16(21)22)4-8-15(19(2)3)17(14)18-13/h4-9H,10H2,1-3H3,(H,21,22)/b9-5+. The minimum atomic E-state index is -1.01. The number of anilines is 1. The molecule has 2 rings (SSSR count). The van der Waals surface area contributed by atoms with Gasteiger partial charge >= 0.3 is 11.9 Å². The van der Waals surface area contributed by atoms with Crippen LogP contribution in [-0.2, 0) is 20.9 Å². The Kier molecular flexibility index (Phi) is 4.95. The van der Waals surface area contributed by atoms with Crippen LogP contribution >= 0.6 is 0 Å². The summed E-state index contributed by atoms with van der Waals surface area (Å²) in [6.45, 7) is 1.45. The van der Waals surface area contributed by atoms with Crippen molar-refractivity contribution >= 4 is 34.6 Å². The van der Waals surface area contributed by atoms with Gasteiger partial charge in [0.05, 0.1) is 16.9 Å². The second-order valence-corrected chi connectivity index (χ2v) is 5.22. The van der Waals surface area contributed by atoms with Crippen LogP contribution in [0.15, 0.2) is 30.3 Å². The highest BCUT2D eigenvalue weighted by molar-refractivity contribution is 5.98. The number of ether oxygens (including phenoxy) is 1. The van der Waals surface area contributed by atoms with Crippen LogP contribution in [0.1, 0.15) is 18.2 Å². The first-order valence-corrected chi connectivity index (χ1v) is 7.03. The van der Waals surface area contributed by atoms with E-state index in [2.05, 4.69) is 4.98 Å². The maximum absolute atomic E-state index is 10.9. The van der Waals surface area contributed by atoms with Gasteiger partial charge in [-0.3, -0.25) is 4.79 Å². The average molecular weight is 314 g/mol. The molecule has 0 spiro atoms. The lowest BCUT2D eigenvalue weighted by Gasteiger charge is -2.16. The minimum Gasteiger partial charge on any atom is -0.478 e. The smallest absolute Gasteiger partial charge is 0.328 e. The number of carboxylic acids is 1. The number of carbonyl (C=O) groups excluding carboxylic acids is 1. The minimum absolute atomic E-state index is 0.104. The Morgan fingerprint density at radius 1 is 1.26 bits per heavy atom. The summed E-state index contributed by atoms with van der Waals surface area (Å²) in [7, 11) is 3.81. The molecule has 0 bridgehead atoms. The fourth-order valence-electron chi connectivity index (χ4n) is 2.19. The highest BCUT2D eigenvalue weighted by Crippen LogP contribution is 2.28. The molecule has 6 heteroatoms. The third-order valence-corrected chi connectivity index (χ3v) is 3.24. The number of esters is 1. The van der Waals surface area contributed by atoms with E-state index in [1.165, 1.54) is 13.0 Å². The highest BCUT2D eigenvalue weighted by Gasteiger charge is 2.10. The number of hydrogen-bond donors (Lipinski definition) is 1. The van der Waals surface area contributed by atoms with E-state index in [0.717, 1.165) is 28.2 Å². The number of carboxylic acid groups (broad SMARTS) is 1. The second-order valence-electron chi connectivity index (χ2n) is 5.22. The Labute approximate surface area is 134 Å². The van der Waals surface area contributed by atoms with Gasteiger partial charge in [0.15, 0.2) is 0 Å². The molecule has 2 aromatic rings. The molecule has 120 valence electrons. The van der Waals surface area contributed by atoms with Crippen molar-refractivity contribution in [1.82, 2.24) is 4.98 Å². The van der Waals surface area contributed by atoms with Crippen molar-refractivity contribution in [3.63, 3.8) is 0 Å². The van der Waals surface area contributed by atoms with Gasteiger partial charge in [0.25, 0.3) is 0 Å². The molecule has 0 radical (unpaired) electrons. The summed E-state index contributed by atoms with van der Waals surface area (Å²) in [4.78, 5) is 28.1. The quantitative estimate of drug-likeness (QED) is 0.674. The zero-order valence-corrected chi connectivity index (χ0v) is 13.2. The van der Waals surface area contributed by atoms with E-state index in [1.54, 1.807) is 6.07 Å². The number of aliphatic carboxylic acids is 1. The lowest BCUT2D eigenvalue weighted by atomic mass is 10.1. The predicted octanol–water partition coefficient (Wildman–Crippen LogP) is 2.46. The lowest BCUT2D eigenvalue weighted by Crippen LogP contribution is -2.10. The summed E-state index contributed by atoms with van der Waals surface area (Å²) in [5.41, 5.74) is 3.03. The Morgan fingerprint density at radius 2 is 2.00 bits per heavy atom. The molecule has 0 aliphatic heterocycles. The van der Waals surface area contributed by atoms with Crippen molar-refractivity contribution in [2.75, 3.05) is 19.0 Å². The van der Waals surface area contributed by atoms with Gasteiger partial charge in [0, 0.05) is 32.5 Å². The molecule has 0 aliphatic rings. The molecule has 1 N–H and O–H groups in total. The van der Waals surface area contributed by atoms with Crippen LogP contribution in [0.2, 0.25) is 0 Å². The first-order chi connectivity index (χ1) is 10.9. The average Bonchev–Trinajstić information content (AvgIpc) is 2.49. The zero-order valence-electron chi connectivity index (χ0n) is 13.2. The van der Waals surface area contributed by atoms with Crippen molar-refractivity contribution < 1.29 is 19.4 Å². The summed E-state index contributed by atoms with van der Waals surface area (Å²) in [6, 6.07) is 7.36.